The zero-order valence-corrected chi connectivity index (χ0v) is 11.5. The summed E-state index contributed by atoms with van der Waals surface area (Å²) in [6.45, 7) is 0.385. The van der Waals surface area contributed by atoms with Crippen LogP contribution in [0.25, 0.3) is 0 Å². The van der Waals surface area contributed by atoms with Crippen molar-refractivity contribution in [2.75, 3.05) is 0 Å². The maximum absolute atomic E-state index is 11.8. The van der Waals surface area contributed by atoms with E-state index in [4.69, 9.17) is 5.73 Å². The van der Waals surface area contributed by atoms with Gasteiger partial charge in [-0.2, -0.15) is 0 Å². The fourth-order valence-electron chi connectivity index (χ4n) is 1.89. The zero-order chi connectivity index (χ0) is 14.4. The summed E-state index contributed by atoms with van der Waals surface area (Å²) >= 11 is 0. The third kappa shape index (κ3) is 3.89. The topological polar surface area (TPSA) is 85.8 Å². The van der Waals surface area contributed by atoms with Crippen molar-refractivity contribution in [1.29, 1.82) is 0 Å². The SMILES string of the molecule is Cn1cnnc1CNC(=O)CCC(N)c1ccccc1. The van der Waals surface area contributed by atoms with Gasteiger partial charge >= 0.3 is 0 Å². The average molecular weight is 273 g/mol. The standard InChI is InChI=1S/C14H19N5O/c1-19-10-17-18-13(19)9-16-14(20)8-7-12(15)11-5-3-2-4-6-11/h2-6,10,12H,7-9,15H2,1H3,(H,16,20). The van der Waals surface area contributed by atoms with E-state index in [-0.39, 0.29) is 11.9 Å². The highest BCUT2D eigenvalue weighted by Gasteiger charge is 2.09. The molecule has 0 saturated carbocycles. The first-order chi connectivity index (χ1) is 9.66. The minimum atomic E-state index is -0.114. The first-order valence-corrected chi connectivity index (χ1v) is 6.57. The van der Waals surface area contributed by atoms with Crippen molar-refractivity contribution in [3.8, 4) is 0 Å². The summed E-state index contributed by atoms with van der Waals surface area (Å²) in [5, 5.41) is 10.5. The Bertz CT molecular complexity index is 552. The number of amides is 1. The van der Waals surface area contributed by atoms with Crippen LogP contribution >= 0.6 is 0 Å². The molecule has 20 heavy (non-hydrogen) atoms. The Balaban J connectivity index is 1.74. The van der Waals surface area contributed by atoms with Crippen molar-refractivity contribution in [3.05, 3.63) is 48.0 Å². The van der Waals surface area contributed by atoms with Gasteiger partial charge in [0.15, 0.2) is 5.82 Å². The highest BCUT2D eigenvalue weighted by molar-refractivity contribution is 5.75. The molecule has 2 rings (SSSR count). The van der Waals surface area contributed by atoms with Gasteiger partial charge in [-0.3, -0.25) is 4.79 Å². The third-order valence-electron chi connectivity index (χ3n) is 3.16. The van der Waals surface area contributed by atoms with Gasteiger partial charge in [-0.1, -0.05) is 30.3 Å². The van der Waals surface area contributed by atoms with Crippen molar-refractivity contribution >= 4 is 5.91 Å². The van der Waals surface area contributed by atoms with E-state index in [1.54, 1.807) is 10.9 Å². The van der Waals surface area contributed by atoms with Crippen LogP contribution in [0.1, 0.15) is 30.3 Å². The number of rotatable bonds is 6. The summed E-state index contributed by atoms with van der Waals surface area (Å²) in [5.41, 5.74) is 7.10. The molecule has 0 aliphatic heterocycles. The van der Waals surface area contributed by atoms with Crippen molar-refractivity contribution in [1.82, 2.24) is 20.1 Å². The molecule has 0 bridgehead atoms. The summed E-state index contributed by atoms with van der Waals surface area (Å²) in [5.74, 6) is 0.699. The fraction of sp³-hybridized carbons (Fsp3) is 0.357. The van der Waals surface area contributed by atoms with Gasteiger partial charge in [0.1, 0.15) is 6.33 Å². The lowest BCUT2D eigenvalue weighted by Crippen LogP contribution is -2.25. The maximum atomic E-state index is 11.8. The highest BCUT2D eigenvalue weighted by Crippen LogP contribution is 2.14. The molecule has 0 aliphatic carbocycles. The normalized spacial score (nSPS) is 12.1. The Morgan fingerprint density at radius 2 is 2.15 bits per heavy atom. The van der Waals surface area contributed by atoms with Crippen LogP contribution in [0.3, 0.4) is 0 Å². The summed E-state index contributed by atoms with van der Waals surface area (Å²) < 4.78 is 1.77. The largest absolute Gasteiger partial charge is 0.349 e. The van der Waals surface area contributed by atoms with E-state index in [1.807, 2.05) is 37.4 Å². The molecule has 0 saturated heterocycles. The van der Waals surface area contributed by atoms with Crippen LogP contribution in [0.5, 0.6) is 0 Å². The number of nitrogens with zero attached hydrogens (tertiary/aromatic N) is 3. The van der Waals surface area contributed by atoms with Gasteiger partial charge in [-0.25, -0.2) is 0 Å². The van der Waals surface area contributed by atoms with Crippen LogP contribution in [0, 0.1) is 0 Å². The van der Waals surface area contributed by atoms with E-state index in [0.29, 0.717) is 19.4 Å². The molecule has 3 N–H and O–H groups in total. The number of carbonyl (C=O) groups is 1. The molecule has 1 atom stereocenters. The number of hydrogen-bond acceptors (Lipinski definition) is 4. The van der Waals surface area contributed by atoms with Gasteiger partial charge in [0.25, 0.3) is 0 Å². The highest BCUT2D eigenvalue weighted by atomic mass is 16.1. The molecule has 2 aromatic rings. The lowest BCUT2D eigenvalue weighted by Gasteiger charge is -2.11. The molecule has 6 nitrogen and oxygen atoms in total. The second-order valence-corrected chi connectivity index (χ2v) is 4.69. The number of aryl methyl sites for hydroxylation is 1. The molecule has 0 aliphatic rings. The van der Waals surface area contributed by atoms with Gasteiger partial charge < -0.3 is 15.6 Å². The molecule has 0 spiro atoms. The molecule has 1 heterocycles. The molecule has 1 unspecified atom stereocenters. The molecule has 0 radical (unpaired) electrons. The smallest absolute Gasteiger partial charge is 0.220 e. The Kier molecular flexibility index (Phi) is 4.84. The minimum Gasteiger partial charge on any atom is -0.349 e. The van der Waals surface area contributed by atoms with Gasteiger partial charge in [0.2, 0.25) is 5.91 Å². The van der Waals surface area contributed by atoms with Crippen molar-refractivity contribution in [3.63, 3.8) is 0 Å². The van der Waals surface area contributed by atoms with E-state index in [2.05, 4.69) is 15.5 Å². The van der Waals surface area contributed by atoms with Gasteiger partial charge in [-0.05, 0) is 12.0 Å². The van der Waals surface area contributed by atoms with Crippen LogP contribution in [0.4, 0.5) is 0 Å². The van der Waals surface area contributed by atoms with Crippen LogP contribution in [0.15, 0.2) is 36.7 Å². The average Bonchev–Trinajstić information content (AvgIpc) is 2.89. The lowest BCUT2D eigenvalue weighted by atomic mass is 10.0. The van der Waals surface area contributed by atoms with E-state index in [9.17, 15) is 4.79 Å². The lowest BCUT2D eigenvalue weighted by molar-refractivity contribution is -0.121. The number of benzene rings is 1. The number of carbonyl (C=O) groups excluding carboxylic acids is 1. The van der Waals surface area contributed by atoms with Crippen molar-refractivity contribution in [2.45, 2.75) is 25.4 Å². The Hall–Kier alpha value is -2.21. The molecular weight excluding hydrogens is 254 g/mol. The zero-order valence-electron chi connectivity index (χ0n) is 11.5. The first kappa shape index (κ1) is 14.2. The van der Waals surface area contributed by atoms with Crippen molar-refractivity contribution in [2.24, 2.45) is 12.8 Å². The quantitative estimate of drug-likeness (QED) is 0.819. The molecule has 1 aromatic carbocycles. The molecule has 1 aromatic heterocycles. The fourth-order valence-corrected chi connectivity index (χ4v) is 1.89. The number of aromatic nitrogens is 3. The number of nitrogens with two attached hydrogens (primary N) is 1. The summed E-state index contributed by atoms with van der Waals surface area (Å²) in [7, 11) is 1.84. The predicted molar refractivity (Wildman–Crippen MR) is 75.5 cm³/mol. The second kappa shape index (κ2) is 6.81. The number of hydrogen-bond donors (Lipinski definition) is 2. The second-order valence-electron chi connectivity index (χ2n) is 4.69. The summed E-state index contributed by atoms with van der Waals surface area (Å²) in [4.78, 5) is 11.8. The van der Waals surface area contributed by atoms with E-state index in [1.165, 1.54) is 0 Å². The van der Waals surface area contributed by atoms with Crippen molar-refractivity contribution < 1.29 is 4.79 Å². The van der Waals surface area contributed by atoms with Gasteiger partial charge in [0, 0.05) is 19.5 Å². The van der Waals surface area contributed by atoms with Gasteiger partial charge in [-0.15, -0.1) is 10.2 Å². The molecule has 6 heteroatoms. The van der Waals surface area contributed by atoms with E-state index < -0.39 is 0 Å². The van der Waals surface area contributed by atoms with Crippen LogP contribution < -0.4 is 11.1 Å². The molecular formula is C14H19N5O. The van der Waals surface area contributed by atoms with E-state index in [0.717, 1.165) is 11.4 Å². The van der Waals surface area contributed by atoms with E-state index >= 15 is 0 Å². The monoisotopic (exact) mass is 273 g/mol. The third-order valence-corrected chi connectivity index (χ3v) is 3.16. The Labute approximate surface area is 118 Å². The van der Waals surface area contributed by atoms with Crippen LogP contribution in [-0.4, -0.2) is 20.7 Å². The predicted octanol–water partition coefficient (Wildman–Crippen LogP) is 0.911. The Morgan fingerprint density at radius 3 is 2.80 bits per heavy atom. The molecule has 106 valence electrons. The van der Waals surface area contributed by atoms with Gasteiger partial charge in [0.05, 0.1) is 6.54 Å². The molecule has 0 fully saturated rings. The summed E-state index contributed by atoms with van der Waals surface area (Å²) in [6, 6.07) is 9.68. The Morgan fingerprint density at radius 1 is 1.40 bits per heavy atom. The van der Waals surface area contributed by atoms with Crippen LogP contribution in [0.2, 0.25) is 0 Å². The summed E-state index contributed by atoms with van der Waals surface area (Å²) in [6.07, 6.45) is 2.62. The first-order valence-electron chi connectivity index (χ1n) is 6.57. The maximum Gasteiger partial charge on any atom is 0.220 e. The number of nitrogens with one attached hydrogen (secondary N) is 1. The van der Waals surface area contributed by atoms with Crippen LogP contribution in [-0.2, 0) is 18.4 Å². The molecule has 1 amide bonds. The minimum absolute atomic E-state index is 0.0284.